The second kappa shape index (κ2) is 7.11. The van der Waals surface area contributed by atoms with E-state index in [2.05, 4.69) is 40.5 Å². The van der Waals surface area contributed by atoms with Gasteiger partial charge in [-0.3, -0.25) is 5.10 Å². The van der Waals surface area contributed by atoms with Crippen molar-refractivity contribution in [2.24, 2.45) is 5.73 Å². The van der Waals surface area contributed by atoms with Gasteiger partial charge in [0, 0.05) is 23.2 Å². The summed E-state index contributed by atoms with van der Waals surface area (Å²) in [6.45, 7) is 0.631. The first-order valence-corrected chi connectivity index (χ1v) is 7.75. The molecule has 0 bridgehead atoms. The van der Waals surface area contributed by atoms with Gasteiger partial charge in [0.25, 0.3) is 0 Å². The molecule has 0 fully saturated rings. The van der Waals surface area contributed by atoms with E-state index >= 15 is 0 Å². The molecule has 1 heterocycles. The molecule has 1 aromatic heterocycles. The number of methoxy groups -OCH3 is 1. The molecule has 4 nitrogen and oxygen atoms in total. The fourth-order valence-corrected chi connectivity index (χ4v) is 2.94. The van der Waals surface area contributed by atoms with Crippen LogP contribution in [0.1, 0.15) is 23.5 Å². The topological polar surface area (TPSA) is 63.9 Å². The minimum atomic E-state index is 0.231. The quantitative estimate of drug-likeness (QED) is 0.732. The van der Waals surface area contributed by atoms with Crippen molar-refractivity contribution in [2.75, 3.05) is 13.7 Å². The highest BCUT2D eigenvalue weighted by Gasteiger charge is 2.17. The third-order valence-corrected chi connectivity index (χ3v) is 4.11. The van der Waals surface area contributed by atoms with Crippen molar-refractivity contribution in [1.82, 2.24) is 10.2 Å². The van der Waals surface area contributed by atoms with Crippen LogP contribution in [0.15, 0.2) is 60.9 Å². The summed E-state index contributed by atoms with van der Waals surface area (Å²) >= 11 is 0. The van der Waals surface area contributed by atoms with Crippen LogP contribution in [0.3, 0.4) is 0 Å². The summed E-state index contributed by atoms with van der Waals surface area (Å²) in [4.78, 5) is 0. The zero-order chi connectivity index (χ0) is 16.1. The third-order valence-electron chi connectivity index (χ3n) is 4.11. The van der Waals surface area contributed by atoms with Crippen molar-refractivity contribution < 1.29 is 4.74 Å². The highest BCUT2D eigenvalue weighted by Crippen LogP contribution is 2.34. The summed E-state index contributed by atoms with van der Waals surface area (Å²) < 4.78 is 5.52. The number of hydrogen-bond donors (Lipinski definition) is 2. The van der Waals surface area contributed by atoms with Crippen molar-refractivity contribution in [2.45, 2.75) is 12.3 Å². The van der Waals surface area contributed by atoms with Crippen molar-refractivity contribution in [3.8, 4) is 16.9 Å². The largest absolute Gasteiger partial charge is 0.496 e. The summed E-state index contributed by atoms with van der Waals surface area (Å²) in [6.07, 6.45) is 4.60. The van der Waals surface area contributed by atoms with E-state index in [1.807, 2.05) is 30.6 Å². The van der Waals surface area contributed by atoms with Gasteiger partial charge in [-0.15, -0.1) is 0 Å². The Hall–Kier alpha value is -2.59. The molecule has 0 spiro atoms. The van der Waals surface area contributed by atoms with Crippen LogP contribution in [0.5, 0.6) is 5.75 Å². The number of nitrogens with two attached hydrogens (primary N) is 1. The molecule has 4 heteroatoms. The van der Waals surface area contributed by atoms with Gasteiger partial charge in [-0.1, -0.05) is 42.5 Å². The second-order valence-corrected chi connectivity index (χ2v) is 5.48. The Labute approximate surface area is 136 Å². The van der Waals surface area contributed by atoms with Crippen LogP contribution in [-0.2, 0) is 0 Å². The summed E-state index contributed by atoms with van der Waals surface area (Å²) in [5.74, 6) is 1.14. The van der Waals surface area contributed by atoms with E-state index in [4.69, 9.17) is 10.5 Å². The Morgan fingerprint density at radius 1 is 1.09 bits per heavy atom. The van der Waals surface area contributed by atoms with Crippen molar-refractivity contribution >= 4 is 0 Å². The Morgan fingerprint density at radius 2 is 1.87 bits per heavy atom. The number of nitrogens with one attached hydrogen (secondary N) is 1. The van der Waals surface area contributed by atoms with E-state index in [-0.39, 0.29) is 5.92 Å². The molecule has 0 aliphatic heterocycles. The lowest BCUT2D eigenvalue weighted by Gasteiger charge is -2.20. The third kappa shape index (κ3) is 3.27. The number of ether oxygens (including phenoxy) is 1. The standard InChI is InChI=1S/C19H21N3O/c1-23-19-5-3-2-4-18(19)17(10-11-20)15-8-6-14(7-9-15)16-12-21-22-13-16/h2-9,12-13,17H,10-11,20H2,1H3,(H,21,22). The first-order valence-electron chi connectivity index (χ1n) is 7.75. The predicted octanol–water partition coefficient (Wildman–Crippen LogP) is 3.57. The summed E-state index contributed by atoms with van der Waals surface area (Å²) in [5.41, 5.74) is 10.5. The molecule has 0 amide bonds. The monoisotopic (exact) mass is 307 g/mol. The maximum Gasteiger partial charge on any atom is 0.122 e. The van der Waals surface area contributed by atoms with Gasteiger partial charge in [0.05, 0.1) is 13.3 Å². The maximum absolute atomic E-state index is 5.85. The molecule has 0 saturated heterocycles. The fraction of sp³-hybridized carbons (Fsp3) is 0.211. The summed E-state index contributed by atoms with van der Waals surface area (Å²) in [6, 6.07) is 16.7. The second-order valence-electron chi connectivity index (χ2n) is 5.48. The summed E-state index contributed by atoms with van der Waals surface area (Å²) in [5, 5.41) is 6.84. The Morgan fingerprint density at radius 3 is 2.52 bits per heavy atom. The van der Waals surface area contributed by atoms with E-state index in [1.165, 1.54) is 11.1 Å². The van der Waals surface area contributed by atoms with Crippen molar-refractivity contribution in [3.63, 3.8) is 0 Å². The van der Waals surface area contributed by atoms with Crippen molar-refractivity contribution in [1.29, 1.82) is 0 Å². The predicted molar refractivity (Wildman–Crippen MR) is 92.5 cm³/mol. The smallest absolute Gasteiger partial charge is 0.122 e. The number of hydrogen-bond acceptors (Lipinski definition) is 3. The Bertz CT molecular complexity index is 736. The van der Waals surface area contributed by atoms with Crippen LogP contribution in [0.4, 0.5) is 0 Å². The molecule has 3 aromatic rings. The van der Waals surface area contributed by atoms with Crippen LogP contribution in [0.2, 0.25) is 0 Å². The van der Waals surface area contributed by atoms with Gasteiger partial charge in [0.1, 0.15) is 5.75 Å². The van der Waals surface area contributed by atoms with Crippen LogP contribution in [0.25, 0.3) is 11.1 Å². The molecule has 2 aromatic carbocycles. The first-order chi connectivity index (χ1) is 11.3. The average Bonchev–Trinajstić information content (AvgIpc) is 3.14. The fourth-order valence-electron chi connectivity index (χ4n) is 2.94. The van der Waals surface area contributed by atoms with Gasteiger partial charge in [0.15, 0.2) is 0 Å². The molecule has 118 valence electrons. The Kier molecular flexibility index (Phi) is 4.74. The van der Waals surface area contributed by atoms with Gasteiger partial charge in [0.2, 0.25) is 0 Å². The number of para-hydroxylation sites is 1. The van der Waals surface area contributed by atoms with Crippen LogP contribution in [0, 0.1) is 0 Å². The first kappa shape index (κ1) is 15.3. The molecule has 0 radical (unpaired) electrons. The average molecular weight is 307 g/mol. The molecule has 0 saturated carbocycles. The lowest BCUT2D eigenvalue weighted by Crippen LogP contribution is -2.10. The van der Waals surface area contributed by atoms with E-state index in [9.17, 15) is 0 Å². The number of benzene rings is 2. The normalized spacial score (nSPS) is 12.1. The minimum Gasteiger partial charge on any atom is -0.496 e. The van der Waals surface area contributed by atoms with Crippen LogP contribution >= 0.6 is 0 Å². The highest BCUT2D eigenvalue weighted by molar-refractivity contribution is 5.62. The molecular weight excluding hydrogens is 286 g/mol. The van der Waals surface area contributed by atoms with E-state index in [1.54, 1.807) is 7.11 Å². The maximum atomic E-state index is 5.85. The van der Waals surface area contributed by atoms with Gasteiger partial charge >= 0.3 is 0 Å². The van der Waals surface area contributed by atoms with E-state index < -0.39 is 0 Å². The lowest BCUT2D eigenvalue weighted by molar-refractivity contribution is 0.406. The van der Waals surface area contributed by atoms with Crippen LogP contribution < -0.4 is 10.5 Å². The number of H-pyrrole nitrogens is 1. The molecule has 3 rings (SSSR count). The lowest BCUT2D eigenvalue weighted by atomic mass is 9.87. The zero-order valence-electron chi connectivity index (χ0n) is 13.2. The van der Waals surface area contributed by atoms with Crippen LogP contribution in [-0.4, -0.2) is 23.9 Å². The Balaban J connectivity index is 1.95. The van der Waals surface area contributed by atoms with Gasteiger partial charge < -0.3 is 10.5 Å². The number of rotatable bonds is 6. The minimum absolute atomic E-state index is 0.231. The van der Waals surface area contributed by atoms with Gasteiger partial charge in [-0.05, 0) is 30.2 Å². The van der Waals surface area contributed by atoms with Crippen molar-refractivity contribution in [3.05, 3.63) is 72.1 Å². The number of nitrogens with zero attached hydrogens (tertiary/aromatic N) is 1. The molecule has 0 aliphatic carbocycles. The molecule has 1 unspecified atom stereocenters. The molecule has 0 aliphatic rings. The van der Waals surface area contributed by atoms with E-state index in [0.29, 0.717) is 6.54 Å². The highest BCUT2D eigenvalue weighted by atomic mass is 16.5. The van der Waals surface area contributed by atoms with Gasteiger partial charge in [-0.2, -0.15) is 5.10 Å². The SMILES string of the molecule is COc1ccccc1C(CCN)c1ccc(-c2cn[nH]c2)cc1. The number of aromatic amines is 1. The zero-order valence-corrected chi connectivity index (χ0v) is 13.2. The number of aromatic nitrogens is 2. The molecular formula is C19H21N3O. The molecule has 23 heavy (non-hydrogen) atoms. The summed E-state index contributed by atoms with van der Waals surface area (Å²) in [7, 11) is 1.71. The molecule has 3 N–H and O–H groups in total. The van der Waals surface area contributed by atoms with Gasteiger partial charge in [-0.25, -0.2) is 0 Å². The molecule has 1 atom stereocenters. The van der Waals surface area contributed by atoms with E-state index in [0.717, 1.165) is 23.3 Å².